The monoisotopic (exact) mass is 261 g/mol. The lowest BCUT2D eigenvalue weighted by molar-refractivity contribution is 0.303. The molecule has 0 saturated heterocycles. The van der Waals surface area contributed by atoms with Crippen LogP contribution >= 0.6 is 0 Å². The molecule has 3 rings (SSSR count). The van der Waals surface area contributed by atoms with Crippen LogP contribution in [0.15, 0.2) is 12.1 Å². The van der Waals surface area contributed by atoms with E-state index in [1.807, 2.05) is 12.1 Å². The second-order valence-corrected chi connectivity index (χ2v) is 6.07. The quantitative estimate of drug-likeness (QED) is 0.875. The van der Waals surface area contributed by atoms with Crippen LogP contribution in [0.4, 0.5) is 11.5 Å². The van der Waals surface area contributed by atoms with Gasteiger partial charge < -0.3 is 15.8 Å². The molecule has 2 saturated carbocycles. The van der Waals surface area contributed by atoms with Gasteiger partial charge in [-0.25, -0.2) is 0 Å². The summed E-state index contributed by atoms with van der Waals surface area (Å²) in [6, 6.07) is 4.25. The molecule has 0 spiro atoms. The van der Waals surface area contributed by atoms with E-state index in [1.165, 1.54) is 25.7 Å². The summed E-state index contributed by atoms with van der Waals surface area (Å²) in [6.07, 6.45) is 5.68. The predicted molar refractivity (Wildman–Crippen MR) is 77.2 cm³/mol. The summed E-state index contributed by atoms with van der Waals surface area (Å²) in [5, 5.41) is 3.52. The lowest BCUT2D eigenvalue weighted by Gasteiger charge is -2.29. The van der Waals surface area contributed by atoms with Crippen LogP contribution in [-0.2, 0) is 0 Å². The third-order valence-corrected chi connectivity index (χ3v) is 4.89. The molecule has 104 valence electrons. The minimum absolute atomic E-state index is 0.469. The Morgan fingerprint density at radius 3 is 2.84 bits per heavy atom. The predicted octanol–water partition coefficient (Wildman–Crippen LogP) is 2.91. The summed E-state index contributed by atoms with van der Waals surface area (Å²) in [5.74, 6) is 4.06. The van der Waals surface area contributed by atoms with Gasteiger partial charge in [0.15, 0.2) is 0 Å². The van der Waals surface area contributed by atoms with E-state index in [0.717, 1.165) is 23.6 Å². The molecule has 4 nitrogen and oxygen atoms in total. The van der Waals surface area contributed by atoms with Crippen molar-refractivity contribution in [1.82, 2.24) is 4.98 Å². The molecule has 4 unspecified atom stereocenters. The van der Waals surface area contributed by atoms with Crippen LogP contribution in [0.3, 0.4) is 0 Å². The highest BCUT2D eigenvalue weighted by molar-refractivity contribution is 5.53. The number of nitrogens with one attached hydrogen (secondary N) is 1. The number of fused-ring (bicyclic) bond motifs is 2. The molecule has 2 bridgehead atoms. The summed E-state index contributed by atoms with van der Waals surface area (Å²) in [6.45, 7) is 2.27. The highest BCUT2D eigenvalue weighted by Crippen LogP contribution is 2.49. The van der Waals surface area contributed by atoms with Crippen molar-refractivity contribution in [2.24, 2.45) is 17.8 Å². The Labute approximate surface area is 114 Å². The van der Waals surface area contributed by atoms with Gasteiger partial charge in [-0.05, 0) is 56.1 Å². The molecule has 2 fully saturated rings. The number of rotatable bonds is 4. The van der Waals surface area contributed by atoms with Crippen LogP contribution in [-0.4, -0.2) is 18.1 Å². The molecule has 1 heterocycles. The third-order valence-electron chi connectivity index (χ3n) is 4.89. The summed E-state index contributed by atoms with van der Waals surface area (Å²) in [7, 11) is 1.60. The molecule has 1 aromatic rings. The van der Waals surface area contributed by atoms with Gasteiger partial charge in [0.05, 0.1) is 12.8 Å². The molecule has 1 aromatic heterocycles. The average Bonchev–Trinajstić information content (AvgIpc) is 3.03. The number of pyridine rings is 1. The number of methoxy groups -OCH3 is 1. The number of nitrogens with two attached hydrogens (primary N) is 1. The van der Waals surface area contributed by atoms with Gasteiger partial charge in [-0.3, -0.25) is 0 Å². The van der Waals surface area contributed by atoms with Crippen molar-refractivity contribution in [2.45, 2.75) is 38.6 Å². The van der Waals surface area contributed by atoms with E-state index in [9.17, 15) is 0 Å². The molecule has 2 aliphatic rings. The molecule has 4 atom stereocenters. The first-order valence-electron chi connectivity index (χ1n) is 7.24. The van der Waals surface area contributed by atoms with Crippen LogP contribution in [0.2, 0.25) is 0 Å². The van der Waals surface area contributed by atoms with E-state index >= 15 is 0 Å². The largest absolute Gasteiger partial charge is 0.479 e. The van der Waals surface area contributed by atoms with E-state index in [1.54, 1.807) is 7.11 Å². The van der Waals surface area contributed by atoms with Crippen LogP contribution in [0.5, 0.6) is 5.88 Å². The minimum atomic E-state index is 0.469. The number of hydrogen-bond acceptors (Lipinski definition) is 4. The van der Waals surface area contributed by atoms with E-state index < -0.39 is 0 Å². The van der Waals surface area contributed by atoms with Gasteiger partial charge in [-0.1, -0.05) is 6.42 Å². The lowest BCUT2D eigenvalue weighted by Crippen LogP contribution is -2.30. The molecule has 0 aromatic carbocycles. The fourth-order valence-electron chi connectivity index (χ4n) is 3.94. The van der Waals surface area contributed by atoms with Gasteiger partial charge in [0.2, 0.25) is 5.88 Å². The minimum Gasteiger partial charge on any atom is -0.479 e. The first kappa shape index (κ1) is 12.6. The second-order valence-electron chi connectivity index (χ2n) is 6.07. The van der Waals surface area contributed by atoms with Gasteiger partial charge in [0.1, 0.15) is 5.82 Å². The second kappa shape index (κ2) is 4.91. The van der Waals surface area contributed by atoms with Gasteiger partial charge in [0, 0.05) is 6.04 Å². The number of anilines is 2. The van der Waals surface area contributed by atoms with Crippen molar-refractivity contribution in [3.05, 3.63) is 12.1 Å². The van der Waals surface area contributed by atoms with Gasteiger partial charge in [0.25, 0.3) is 0 Å². The smallest absolute Gasteiger partial charge is 0.238 e. The molecule has 2 aliphatic carbocycles. The van der Waals surface area contributed by atoms with Crippen molar-refractivity contribution >= 4 is 11.5 Å². The highest BCUT2D eigenvalue weighted by Gasteiger charge is 2.41. The summed E-state index contributed by atoms with van der Waals surface area (Å²) in [5.41, 5.74) is 6.37. The zero-order chi connectivity index (χ0) is 13.4. The zero-order valence-corrected chi connectivity index (χ0v) is 11.7. The summed E-state index contributed by atoms with van der Waals surface area (Å²) in [4.78, 5) is 4.41. The Morgan fingerprint density at radius 2 is 2.21 bits per heavy atom. The van der Waals surface area contributed by atoms with E-state index in [0.29, 0.717) is 17.6 Å². The average molecular weight is 261 g/mol. The maximum atomic E-state index is 5.79. The standard InChI is InChI=1S/C15H23N3O/c1-9(12-8-10-3-4-11(12)7-10)17-14-6-5-13(16)15(18-14)19-2/h5-6,9-12H,3-4,7-8,16H2,1-2H3,(H,17,18). The molecular weight excluding hydrogens is 238 g/mol. The Bertz CT molecular complexity index is 463. The SMILES string of the molecule is COc1nc(NC(C)C2CC3CCC2C3)ccc1N. The van der Waals surface area contributed by atoms with Crippen molar-refractivity contribution in [2.75, 3.05) is 18.2 Å². The number of nitrogens with zero attached hydrogens (tertiary/aromatic N) is 1. The molecular formula is C15H23N3O. The topological polar surface area (TPSA) is 60.2 Å². The number of hydrogen-bond donors (Lipinski definition) is 2. The van der Waals surface area contributed by atoms with Crippen molar-refractivity contribution in [3.8, 4) is 5.88 Å². The fraction of sp³-hybridized carbons (Fsp3) is 0.667. The molecule has 3 N–H and O–H groups in total. The molecule has 19 heavy (non-hydrogen) atoms. The van der Waals surface area contributed by atoms with Crippen LogP contribution in [0.1, 0.15) is 32.6 Å². The molecule has 0 amide bonds. The van der Waals surface area contributed by atoms with Crippen LogP contribution < -0.4 is 15.8 Å². The number of nitrogen functional groups attached to an aromatic ring is 1. The van der Waals surface area contributed by atoms with Gasteiger partial charge in [-0.15, -0.1) is 0 Å². The summed E-state index contributed by atoms with van der Waals surface area (Å²) >= 11 is 0. The van der Waals surface area contributed by atoms with Crippen LogP contribution in [0.25, 0.3) is 0 Å². The Morgan fingerprint density at radius 1 is 1.37 bits per heavy atom. The first-order chi connectivity index (χ1) is 9.17. The molecule has 4 heteroatoms. The lowest BCUT2D eigenvalue weighted by atomic mass is 9.84. The number of ether oxygens (including phenoxy) is 1. The normalized spacial score (nSPS) is 30.3. The Hall–Kier alpha value is -1.45. The van der Waals surface area contributed by atoms with E-state index in [-0.39, 0.29) is 0 Å². The van der Waals surface area contributed by atoms with Gasteiger partial charge in [-0.2, -0.15) is 4.98 Å². The fourth-order valence-corrected chi connectivity index (χ4v) is 3.94. The third kappa shape index (κ3) is 2.36. The van der Waals surface area contributed by atoms with Crippen LogP contribution in [0, 0.1) is 17.8 Å². The Balaban J connectivity index is 1.67. The zero-order valence-electron chi connectivity index (χ0n) is 11.7. The number of aromatic nitrogens is 1. The van der Waals surface area contributed by atoms with Crippen molar-refractivity contribution < 1.29 is 4.74 Å². The maximum absolute atomic E-state index is 5.79. The maximum Gasteiger partial charge on any atom is 0.238 e. The van der Waals surface area contributed by atoms with E-state index in [2.05, 4.69) is 17.2 Å². The van der Waals surface area contributed by atoms with Gasteiger partial charge >= 0.3 is 0 Å². The Kier molecular flexibility index (Phi) is 3.25. The molecule has 0 radical (unpaired) electrons. The van der Waals surface area contributed by atoms with Crippen molar-refractivity contribution in [1.29, 1.82) is 0 Å². The summed E-state index contributed by atoms with van der Waals surface area (Å²) < 4.78 is 5.17. The van der Waals surface area contributed by atoms with Crippen molar-refractivity contribution in [3.63, 3.8) is 0 Å². The molecule has 0 aliphatic heterocycles. The first-order valence-corrected chi connectivity index (χ1v) is 7.24. The van der Waals surface area contributed by atoms with E-state index in [4.69, 9.17) is 10.5 Å². The highest BCUT2D eigenvalue weighted by atomic mass is 16.5.